The second kappa shape index (κ2) is 9.38. The van der Waals surface area contributed by atoms with Crippen molar-refractivity contribution in [2.75, 3.05) is 26.0 Å². The number of nitrogens with zero attached hydrogens (tertiary/aromatic N) is 1. The van der Waals surface area contributed by atoms with Gasteiger partial charge in [-0.2, -0.15) is 0 Å². The Kier molecular flexibility index (Phi) is 7.21. The van der Waals surface area contributed by atoms with E-state index in [1.807, 2.05) is 6.07 Å². The number of rotatable bonds is 7. The van der Waals surface area contributed by atoms with E-state index in [1.54, 1.807) is 50.5 Å². The van der Waals surface area contributed by atoms with Gasteiger partial charge in [0.05, 0.1) is 23.4 Å². The Balaban J connectivity index is 2.28. The number of nitrogens with one attached hydrogen (secondary N) is 1. The molecule has 2 aromatic carbocycles. The Morgan fingerprint density at radius 1 is 1.12 bits per heavy atom. The summed E-state index contributed by atoms with van der Waals surface area (Å²) < 4.78 is 6.53. The lowest BCUT2D eigenvalue weighted by Gasteiger charge is -2.16. The molecule has 0 spiro atoms. The Bertz CT molecular complexity index is 790. The van der Waals surface area contributed by atoms with Gasteiger partial charge in [-0.1, -0.05) is 41.4 Å². The molecule has 0 aliphatic carbocycles. The topological polar surface area (TPSA) is 58.6 Å². The van der Waals surface area contributed by atoms with E-state index in [-0.39, 0.29) is 11.8 Å². The second-order valence-corrected chi connectivity index (χ2v) is 6.96. The number of para-hydroxylation sites is 1. The van der Waals surface area contributed by atoms with Crippen LogP contribution in [0.15, 0.2) is 46.9 Å². The van der Waals surface area contributed by atoms with E-state index >= 15 is 0 Å². The molecule has 0 unspecified atom stereocenters. The van der Waals surface area contributed by atoms with E-state index in [2.05, 4.69) is 28.2 Å². The molecular formula is C20H23BrN2O3. The summed E-state index contributed by atoms with van der Waals surface area (Å²) in [5, 5.41) is 2.83. The van der Waals surface area contributed by atoms with Crippen LogP contribution in [0.4, 0.5) is 5.69 Å². The van der Waals surface area contributed by atoms with Crippen molar-refractivity contribution in [2.45, 2.75) is 19.8 Å². The maximum absolute atomic E-state index is 12.8. The highest BCUT2D eigenvalue weighted by molar-refractivity contribution is 9.10. The molecule has 0 saturated heterocycles. The van der Waals surface area contributed by atoms with E-state index in [1.165, 1.54) is 4.90 Å². The van der Waals surface area contributed by atoms with Crippen molar-refractivity contribution in [3.8, 4) is 5.75 Å². The molecule has 0 aliphatic heterocycles. The molecule has 0 radical (unpaired) electrons. The van der Waals surface area contributed by atoms with Gasteiger partial charge in [0.1, 0.15) is 5.75 Å². The number of carbonyl (C=O) groups is 2. The van der Waals surface area contributed by atoms with Crippen LogP contribution >= 0.6 is 15.9 Å². The molecule has 6 heteroatoms. The van der Waals surface area contributed by atoms with Crippen LogP contribution in [0.1, 0.15) is 40.5 Å². The number of carbonyl (C=O) groups excluding carboxylic acids is 2. The number of amides is 2. The molecule has 0 atom stereocenters. The maximum Gasteiger partial charge on any atom is 0.259 e. The zero-order valence-electron chi connectivity index (χ0n) is 15.2. The van der Waals surface area contributed by atoms with Crippen LogP contribution in [-0.2, 0) is 0 Å². The van der Waals surface area contributed by atoms with Gasteiger partial charge < -0.3 is 15.0 Å². The van der Waals surface area contributed by atoms with Gasteiger partial charge >= 0.3 is 0 Å². The lowest BCUT2D eigenvalue weighted by molar-refractivity contribution is 0.0828. The van der Waals surface area contributed by atoms with Gasteiger partial charge in [-0.15, -0.1) is 0 Å². The van der Waals surface area contributed by atoms with Crippen molar-refractivity contribution in [2.24, 2.45) is 0 Å². The third-order valence-electron chi connectivity index (χ3n) is 3.75. The molecule has 0 saturated carbocycles. The summed E-state index contributed by atoms with van der Waals surface area (Å²) in [6.07, 6.45) is 1.93. The van der Waals surface area contributed by atoms with Gasteiger partial charge in [-0.25, -0.2) is 0 Å². The molecule has 0 aliphatic rings. The SMILES string of the molecule is CCCCOc1ccc(Br)cc1C(=O)Nc1ccccc1C(=O)N(C)C. The lowest BCUT2D eigenvalue weighted by atomic mass is 10.1. The second-order valence-electron chi connectivity index (χ2n) is 6.04. The van der Waals surface area contributed by atoms with Crippen molar-refractivity contribution >= 4 is 33.4 Å². The zero-order chi connectivity index (χ0) is 19.1. The summed E-state index contributed by atoms with van der Waals surface area (Å²) in [6.45, 7) is 2.63. The molecule has 5 nitrogen and oxygen atoms in total. The molecular weight excluding hydrogens is 396 g/mol. The van der Waals surface area contributed by atoms with E-state index in [0.717, 1.165) is 17.3 Å². The van der Waals surface area contributed by atoms with E-state index < -0.39 is 0 Å². The molecule has 1 N–H and O–H groups in total. The van der Waals surface area contributed by atoms with Gasteiger partial charge in [0.25, 0.3) is 11.8 Å². The third-order valence-corrected chi connectivity index (χ3v) is 4.25. The van der Waals surface area contributed by atoms with Crippen LogP contribution in [0.25, 0.3) is 0 Å². The van der Waals surface area contributed by atoms with Crippen LogP contribution in [0, 0.1) is 0 Å². The minimum Gasteiger partial charge on any atom is -0.493 e. The summed E-state index contributed by atoms with van der Waals surface area (Å²) in [6, 6.07) is 12.3. The summed E-state index contributed by atoms with van der Waals surface area (Å²) in [5.41, 5.74) is 1.33. The molecule has 2 rings (SSSR count). The smallest absolute Gasteiger partial charge is 0.259 e. The first kappa shape index (κ1) is 20.0. The summed E-state index contributed by atoms with van der Waals surface area (Å²) in [7, 11) is 3.35. The Morgan fingerprint density at radius 3 is 2.54 bits per heavy atom. The first-order valence-electron chi connectivity index (χ1n) is 8.48. The zero-order valence-corrected chi connectivity index (χ0v) is 16.8. The summed E-state index contributed by atoms with van der Waals surface area (Å²) in [4.78, 5) is 26.6. The van der Waals surface area contributed by atoms with Crippen molar-refractivity contribution in [3.63, 3.8) is 0 Å². The van der Waals surface area contributed by atoms with E-state index in [9.17, 15) is 9.59 Å². The van der Waals surface area contributed by atoms with Crippen molar-refractivity contribution in [1.29, 1.82) is 0 Å². The number of hydrogen-bond donors (Lipinski definition) is 1. The average molecular weight is 419 g/mol. The molecule has 0 bridgehead atoms. The van der Waals surface area contributed by atoms with Gasteiger partial charge in [-0.3, -0.25) is 9.59 Å². The van der Waals surface area contributed by atoms with Crippen LogP contribution < -0.4 is 10.1 Å². The highest BCUT2D eigenvalue weighted by Gasteiger charge is 2.18. The fourth-order valence-electron chi connectivity index (χ4n) is 2.34. The number of anilines is 1. The molecule has 138 valence electrons. The van der Waals surface area contributed by atoms with Gasteiger partial charge in [-0.05, 0) is 36.8 Å². The minimum absolute atomic E-state index is 0.172. The number of benzene rings is 2. The third kappa shape index (κ3) is 5.08. The molecule has 0 fully saturated rings. The van der Waals surface area contributed by atoms with Gasteiger partial charge in [0.15, 0.2) is 0 Å². The standard InChI is InChI=1S/C20H23BrN2O3/c1-4-5-12-26-18-11-10-14(21)13-16(18)19(24)22-17-9-7-6-8-15(17)20(25)23(2)3/h6-11,13H,4-5,12H2,1-3H3,(H,22,24). The van der Waals surface area contributed by atoms with Crippen LogP contribution in [-0.4, -0.2) is 37.4 Å². The monoisotopic (exact) mass is 418 g/mol. The number of unbranched alkanes of at least 4 members (excludes halogenated alkanes) is 1. The number of hydrogen-bond acceptors (Lipinski definition) is 3. The van der Waals surface area contributed by atoms with Crippen molar-refractivity contribution < 1.29 is 14.3 Å². The van der Waals surface area contributed by atoms with Gasteiger partial charge in [0.2, 0.25) is 0 Å². The molecule has 2 aromatic rings. The van der Waals surface area contributed by atoms with Crippen molar-refractivity contribution in [3.05, 3.63) is 58.1 Å². The Hall–Kier alpha value is -2.34. The molecule has 0 heterocycles. The fraction of sp³-hybridized carbons (Fsp3) is 0.300. The maximum atomic E-state index is 12.8. The predicted molar refractivity (Wildman–Crippen MR) is 107 cm³/mol. The number of halogens is 1. The minimum atomic E-state index is -0.322. The summed E-state index contributed by atoms with van der Waals surface area (Å²) in [5.74, 6) is 0.0296. The van der Waals surface area contributed by atoms with E-state index in [4.69, 9.17) is 4.74 Å². The average Bonchev–Trinajstić information content (AvgIpc) is 2.62. The first-order chi connectivity index (χ1) is 12.4. The quantitative estimate of drug-likeness (QED) is 0.669. The van der Waals surface area contributed by atoms with Gasteiger partial charge in [0, 0.05) is 18.6 Å². The van der Waals surface area contributed by atoms with Crippen LogP contribution in [0.2, 0.25) is 0 Å². The predicted octanol–water partition coefficient (Wildman–Crippen LogP) is 4.58. The Morgan fingerprint density at radius 2 is 1.85 bits per heavy atom. The van der Waals surface area contributed by atoms with Crippen LogP contribution in [0.3, 0.4) is 0 Å². The normalized spacial score (nSPS) is 10.3. The molecule has 2 amide bonds. The lowest BCUT2D eigenvalue weighted by Crippen LogP contribution is -2.24. The largest absolute Gasteiger partial charge is 0.493 e. The fourth-order valence-corrected chi connectivity index (χ4v) is 2.70. The summed E-state index contributed by atoms with van der Waals surface area (Å²) >= 11 is 3.39. The van der Waals surface area contributed by atoms with E-state index in [0.29, 0.717) is 29.2 Å². The highest BCUT2D eigenvalue weighted by Crippen LogP contribution is 2.26. The highest BCUT2D eigenvalue weighted by atomic mass is 79.9. The number of ether oxygens (including phenoxy) is 1. The van der Waals surface area contributed by atoms with Crippen molar-refractivity contribution in [1.82, 2.24) is 4.90 Å². The first-order valence-corrected chi connectivity index (χ1v) is 9.27. The Labute approximate surface area is 162 Å². The molecule has 26 heavy (non-hydrogen) atoms. The molecule has 0 aromatic heterocycles. The van der Waals surface area contributed by atoms with Crippen LogP contribution in [0.5, 0.6) is 5.75 Å².